The molecular weight excluding hydrogens is 172 g/mol. The third kappa shape index (κ3) is 2.32. The first kappa shape index (κ1) is 9.74. The number of likely N-dealkylation sites (tertiary alicyclic amines) is 1. The average Bonchev–Trinajstić information content (AvgIpc) is 2.52. The van der Waals surface area contributed by atoms with Crippen LogP contribution < -0.4 is 5.32 Å². The fourth-order valence-electron chi connectivity index (χ4n) is 1.37. The summed E-state index contributed by atoms with van der Waals surface area (Å²) in [6.45, 7) is 4.90. The second kappa shape index (κ2) is 4.62. The van der Waals surface area contributed by atoms with Crippen LogP contribution in [0.2, 0.25) is 0 Å². The van der Waals surface area contributed by atoms with Crippen molar-refractivity contribution in [1.82, 2.24) is 10.2 Å². The van der Waals surface area contributed by atoms with Crippen molar-refractivity contribution in [1.29, 1.82) is 0 Å². The van der Waals surface area contributed by atoms with E-state index in [2.05, 4.69) is 17.1 Å². The molecule has 0 aromatic rings. The number of thiocarbonyl (C=S) groups is 1. The maximum atomic E-state index is 5.24. The van der Waals surface area contributed by atoms with E-state index in [1.165, 1.54) is 0 Å². The van der Waals surface area contributed by atoms with Crippen LogP contribution in [0.1, 0.15) is 13.3 Å². The first-order valence-electron chi connectivity index (χ1n) is 4.33. The zero-order valence-electron chi connectivity index (χ0n) is 7.67. The summed E-state index contributed by atoms with van der Waals surface area (Å²) in [5.74, 6) is 0. The van der Waals surface area contributed by atoms with Gasteiger partial charge in [0.2, 0.25) is 0 Å². The second-order valence-corrected chi connectivity index (χ2v) is 3.31. The van der Waals surface area contributed by atoms with Crippen LogP contribution in [0.15, 0.2) is 0 Å². The topological polar surface area (TPSA) is 24.5 Å². The van der Waals surface area contributed by atoms with Gasteiger partial charge in [0.15, 0.2) is 5.11 Å². The molecule has 1 aliphatic heterocycles. The SMILES string of the molecule is CCNC(=S)N1CC[C@@H](OC)C1. The van der Waals surface area contributed by atoms with Gasteiger partial charge in [-0.25, -0.2) is 0 Å². The standard InChI is InChI=1S/C8H16N2OS/c1-3-9-8(12)10-5-4-7(6-10)11-2/h7H,3-6H2,1-2H3,(H,9,12)/t7-/m1/s1. The van der Waals surface area contributed by atoms with Crippen LogP contribution in [0, 0.1) is 0 Å². The second-order valence-electron chi connectivity index (χ2n) is 2.93. The van der Waals surface area contributed by atoms with Gasteiger partial charge in [0.1, 0.15) is 0 Å². The number of rotatable bonds is 2. The molecule has 70 valence electrons. The number of nitrogens with one attached hydrogen (secondary N) is 1. The largest absolute Gasteiger partial charge is 0.380 e. The first-order valence-corrected chi connectivity index (χ1v) is 4.74. The predicted octanol–water partition coefficient (Wildman–Crippen LogP) is 0.601. The molecular formula is C8H16N2OS. The summed E-state index contributed by atoms with van der Waals surface area (Å²) >= 11 is 5.17. The molecule has 0 unspecified atom stereocenters. The van der Waals surface area contributed by atoms with Gasteiger partial charge in [-0.15, -0.1) is 0 Å². The molecule has 0 aliphatic carbocycles. The van der Waals surface area contributed by atoms with Crippen molar-refractivity contribution >= 4 is 17.3 Å². The van der Waals surface area contributed by atoms with E-state index in [-0.39, 0.29) is 0 Å². The van der Waals surface area contributed by atoms with E-state index in [1.807, 2.05) is 0 Å². The van der Waals surface area contributed by atoms with E-state index in [9.17, 15) is 0 Å². The summed E-state index contributed by atoms with van der Waals surface area (Å²) in [5, 5.41) is 3.99. The lowest BCUT2D eigenvalue weighted by molar-refractivity contribution is 0.114. The molecule has 0 aromatic carbocycles. The van der Waals surface area contributed by atoms with Gasteiger partial charge in [-0.3, -0.25) is 0 Å². The molecule has 1 aliphatic rings. The minimum atomic E-state index is 0.363. The summed E-state index contributed by atoms with van der Waals surface area (Å²) in [6, 6.07) is 0. The van der Waals surface area contributed by atoms with Crippen LogP contribution in [0.4, 0.5) is 0 Å². The van der Waals surface area contributed by atoms with Crippen molar-refractivity contribution in [3.05, 3.63) is 0 Å². The molecule has 3 nitrogen and oxygen atoms in total. The van der Waals surface area contributed by atoms with E-state index in [4.69, 9.17) is 17.0 Å². The highest BCUT2D eigenvalue weighted by Crippen LogP contribution is 2.11. The van der Waals surface area contributed by atoms with Crippen LogP contribution in [0.5, 0.6) is 0 Å². The molecule has 0 bridgehead atoms. The van der Waals surface area contributed by atoms with Crippen LogP contribution >= 0.6 is 12.2 Å². The third-order valence-corrected chi connectivity index (χ3v) is 2.50. The lowest BCUT2D eigenvalue weighted by Crippen LogP contribution is -2.38. The zero-order valence-corrected chi connectivity index (χ0v) is 8.49. The number of methoxy groups -OCH3 is 1. The quantitative estimate of drug-likeness (QED) is 0.641. The van der Waals surface area contributed by atoms with Gasteiger partial charge in [0.25, 0.3) is 0 Å². The van der Waals surface area contributed by atoms with Crippen LogP contribution in [-0.2, 0) is 4.74 Å². The molecule has 1 rings (SSSR count). The molecule has 1 N–H and O–H groups in total. The Morgan fingerprint density at radius 3 is 3.00 bits per heavy atom. The molecule has 12 heavy (non-hydrogen) atoms. The van der Waals surface area contributed by atoms with Crippen molar-refractivity contribution < 1.29 is 4.74 Å². The highest BCUT2D eigenvalue weighted by molar-refractivity contribution is 7.80. The maximum absolute atomic E-state index is 5.24. The number of ether oxygens (including phenoxy) is 1. The summed E-state index contributed by atoms with van der Waals surface area (Å²) < 4.78 is 5.24. The van der Waals surface area contributed by atoms with Gasteiger partial charge in [0, 0.05) is 26.7 Å². The van der Waals surface area contributed by atoms with Crippen LogP contribution in [0.25, 0.3) is 0 Å². The van der Waals surface area contributed by atoms with Gasteiger partial charge in [-0.1, -0.05) is 0 Å². The minimum Gasteiger partial charge on any atom is -0.380 e. The molecule has 0 saturated carbocycles. The normalized spacial score (nSPS) is 22.8. The van der Waals surface area contributed by atoms with Crippen molar-refractivity contribution in [3.8, 4) is 0 Å². The molecule has 0 radical (unpaired) electrons. The van der Waals surface area contributed by atoms with E-state index < -0.39 is 0 Å². The molecule has 1 atom stereocenters. The summed E-state index contributed by atoms with van der Waals surface area (Å²) in [6.07, 6.45) is 1.45. The predicted molar refractivity (Wildman–Crippen MR) is 53.3 cm³/mol. The Morgan fingerprint density at radius 2 is 2.50 bits per heavy atom. The van der Waals surface area contributed by atoms with Gasteiger partial charge in [-0.05, 0) is 25.6 Å². The summed E-state index contributed by atoms with van der Waals surface area (Å²) in [7, 11) is 1.75. The maximum Gasteiger partial charge on any atom is 0.169 e. The Morgan fingerprint density at radius 1 is 1.75 bits per heavy atom. The van der Waals surface area contributed by atoms with Gasteiger partial charge in [0.05, 0.1) is 6.10 Å². The van der Waals surface area contributed by atoms with E-state index in [1.54, 1.807) is 7.11 Å². The highest BCUT2D eigenvalue weighted by atomic mass is 32.1. The minimum absolute atomic E-state index is 0.363. The smallest absolute Gasteiger partial charge is 0.169 e. The number of nitrogens with zero attached hydrogens (tertiary/aromatic N) is 1. The van der Waals surface area contributed by atoms with Crippen molar-refractivity contribution in [2.75, 3.05) is 26.7 Å². The van der Waals surface area contributed by atoms with Gasteiger partial charge < -0.3 is 15.0 Å². The average molecular weight is 188 g/mol. The molecule has 1 saturated heterocycles. The van der Waals surface area contributed by atoms with E-state index in [0.29, 0.717) is 6.10 Å². The first-order chi connectivity index (χ1) is 5.77. The van der Waals surface area contributed by atoms with Crippen molar-refractivity contribution in [3.63, 3.8) is 0 Å². The Kier molecular flexibility index (Phi) is 3.75. The van der Waals surface area contributed by atoms with Gasteiger partial charge in [-0.2, -0.15) is 0 Å². The Bertz CT molecular complexity index is 163. The zero-order chi connectivity index (χ0) is 8.97. The molecule has 0 aromatic heterocycles. The number of hydrogen-bond donors (Lipinski definition) is 1. The lowest BCUT2D eigenvalue weighted by atomic mass is 10.3. The van der Waals surface area contributed by atoms with E-state index in [0.717, 1.165) is 31.2 Å². The van der Waals surface area contributed by atoms with Crippen LogP contribution in [0.3, 0.4) is 0 Å². The van der Waals surface area contributed by atoms with Crippen LogP contribution in [-0.4, -0.2) is 42.9 Å². The molecule has 4 heteroatoms. The Labute approximate surface area is 79.1 Å². The molecule has 1 fully saturated rings. The fourth-order valence-corrected chi connectivity index (χ4v) is 1.68. The lowest BCUT2D eigenvalue weighted by Gasteiger charge is -2.19. The molecule has 1 heterocycles. The number of hydrogen-bond acceptors (Lipinski definition) is 2. The molecule has 0 spiro atoms. The summed E-state index contributed by atoms with van der Waals surface area (Å²) in [4.78, 5) is 2.16. The Balaban J connectivity index is 2.31. The Hall–Kier alpha value is -0.350. The van der Waals surface area contributed by atoms with Crippen molar-refractivity contribution in [2.24, 2.45) is 0 Å². The van der Waals surface area contributed by atoms with Gasteiger partial charge >= 0.3 is 0 Å². The highest BCUT2D eigenvalue weighted by Gasteiger charge is 2.23. The van der Waals surface area contributed by atoms with Crippen molar-refractivity contribution in [2.45, 2.75) is 19.4 Å². The third-order valence-electron chi connectivity index (χ3n) is 2.09. The monoisotopic (exact) mass is 188 g/mol. The molecule has 0 amide bonds. The van der Waals surface area contributed by atoms with E-state index >= 15 is 0 Å². The fraction of sp³-hybridized carbons (Fsp3) is 0.875. The summed E-state index contributed by atoms with van der Waals surface area (Å²) in [5.41, 5.74) is 0.